The summed E-state index contributed by atoms with van der Waals surface area (Å²) in [4.78, 5) is 0. The molecular weight excluding hydrogens is 294 g/mol. The average molecular weight is 311 g/mol. The normalized spacial score (nSPS) is 15.6. The Morgan fingerprint density at radius 2 is 2.17 bits per heavy atom. The number of rotatable bonds is 6. The van der Waals surface area contributed by atoms with Gasteiger partial charge in [0, 0.05) is 35.9 Å². The number of hydrogen-bond acceptors (Lipinski definition) is 5. The molecule has 0 aliphatic heterocycles. The molecule has 1 heterocycles. The molecule has 8 heteroatoms. The average Bonchev–Trinajstić information content (AvgIpc) is 2.75. The topological polar surface area (TPSA) is 63.7 Å². The molecule has 104 valence electrons. The van der Waals surface area contributed by atoms with Crippen LogP contribution in [-0.2, 0) is 20.8 Å². The molecule has 0 aliphatic rings. The first-order valence-corrected chi connectivity index (χ1v) is 9.25. The number of ether oxygens (including phenoxy) is 1. The summed E-state index contributed by atoms with van der Waals surface area (Å²) in [6.45, 7) is 1.74. The standard InChI is InChI=1S/C10H17NO4S3/c1-8(7-17(4)12)11(2)18(13,14)10-9(15-3)5-6-16-10/h5-6,8H,7H2,1-4H3/t8-,17+/m1/s1. The molecule has 1 aromatic rings. The van der Waals surface area contributed by atoms with Crippen molar-refractivity contribution in [2.24, 2.45) is 0 Å². The van der Waals surface area contributed by atoms with Crippen LogP contribution in [0.3, 0.4) is 0 Å². The lowest BCUT2D eigenvalue weighted by atomic mass is 10.4. The van der Waals surface area contributed by atoms with Crippen LogP contribution in [0.5, 0.6) is 5.75 Å². The van der Waals surface area contributed by atoms with Crippen LogP contribution in [0.2, 0.25) is 0 Å². The fourth-order valence-corrected chi connectivity index (χ4v) is 5.24. The van der Waals surface area contributed by atoms with Crippen molar-refractivity contribution < 1.29 is 17.4 Å². The Bertz CT molecular complexity index is 523. The molecule has 1 aromatic heterocycles. The minimum atomic E-state index is -3.59. The summed E-state index contributed by atoms with van der Waals surface area (Å²) >= 11 is 1.12. The quantitative estimate of drug-likeness (QED) is 0.790. The van der Waals surface area contributed by atoms with Crippen LogP contribution in [-0.4, -0.2) is 49.1 Å². The first-order chi connectivity index (χ1) is 8.30. The summed E-state index contributed by atoms with van der Waals surface area (Å²) < 4.78 is 42.3. The molecule has 2 atom stereocenters. The number of nitrogens with zero attached hydrogens (tertiary/aromatic N) is 1. The first-order valence-electron chi connectivity index (χ1n) is 5.20. The van der Waals surface area contributed by atoms with Gasteiger partial charge in [-0.3, -0.25) is 4.21 Å². The Labute approximate surface area is 114 Å². The van der Waals surface area contributed by atoms with Gasteiger partial charge in [0.15, 0.2) is 4.21 Å². The van der Waals surface area contributed by atoms with Crippen LogP contribution >= 0.6 is 11.3 Å². The zero-order valence-corrected chi connectivity index (χ0v) is 13.2. The Morgan fingerprint density at radius 3 is 2.67 bits per heavy atom. The van der Waals surface area contributed by atoms with Crippen LogP contribution in [0.15, 0.2) is 15.7 Å². The van der Waals surface area contributed by atoms with E-state index in [0.29, 0.717) is 11.5 Å². The monoisotopic (exact) mass is 311 g/mol. The van der Waals surface area contributed by atoms with Gasteiger partial charge in [-0.15, -0.1) is 11.3 Å². The van der Waals surface area contributed by atoms with E-state index in [-0.39, 0.29) is 10.3 Å². The third kappa shape index (κ3) is 3.31. The lowest BCUT2D eigenvalue weighted by molar-refractivity contribution is 0.393. The van der Waals surface area contributed by atoms with E-state index >= 15 is 0 Å². The van der Waals surface area contributed by atoms with Gasteiger partial charge in [0.05, 0.1) is 7.11 Å². The summed E-state index contributed by atoms with van der Waals surface area (Å²) in [7, 11) is -1.70. The van der Waals surface area contributed by atoms with E-state index in [9.17, 15) is 12.6 Å². The summed E-state index contributed by atoms with van der Waals surface area (Å²) in [6.07, 6.45) is 1.56. The number of sulfonamides is 1. The molecule has 1 rings (SSSR count). The SMILES string of the molecule is COc1ccsc1S(=O)(=O)N(C)[C@H](C)C[S@](C)=O. The smallest absolute Gasteiger partial charge is 0.256 e. The maximum Gasteiger partial charge on any atom is 0.256 e. The Morgan fingerprint density at radius 1 is 1.56 bits per heavy atom. The van der Waals surface area contributed by atoms with E-state index < -0.39 is 20.8 Å². The third-order valence-corrected chi connectivity index (χ3v) is 6.87. The predicted molar refractivity (Wildman–Crippen MR) is 74.2 cm³/mol. The summed E-state index contributed by atoms with van der Waals surface area (Å²) in [5.41, 5.74) is 0. The maximum atomic E-state index is 12.4. The number of methoxy groups -OCH3 is 1. The molecule has 0 aromatic carbocycles. The number of hydrogen-bond donors (Lipinski definition) is 0. The lowest BCUT2D eigenvalue weighted by Gasteiger charge is -2.23. The van der Waals surface area contributed by atoms with E-state index in [1.807, 2.05) is 0 Å². The molecule has 0 amide bonds. The van der Waals surface area contributed by atoms with Crippen molar-refractivity contribution in [3.63, 3.8) is 0 Å². The van der Waals surface area contributed by atoms with Crippen LogP contribution in [0.25, 0.3) is 0 Å². The highest BCUT2D eigenvalue weighted by Crippen LogP contribution is 2.32. The van der Waals surface area contributed by atoms with Crippen molar-refractivity contribution in [3.8, 4) is 5.75 Å². The molecule has 0 spiro atoms. The minimum Gasteiger partial charge on any atom is -0.494 e. The van der Waals surface area contributed by atoms with Crippen LogP contribution in [0.1, 0.15) is 6.92 Å². The van der Waals surface area contributed by atoms with Crippen molar-refractivity contribution in [3.05, 3.63) is 11.4 Å². The molecule has 0 unspecified atom stereocenters. The Hall–Kier alpha value is -0.440. The van der Waals surface area contributed by atoms with Crippen LogP contribution in [0.4, 0.5) is 0 Å². The molecule has 0 fully saturated rings. The van der Waals surface area contributed by atoms with E-state index in [1.54, 1.807) is 24.6 Å². The van der Waals surface area contributed by atoms with Gasteiger partial charge in [-0.1, -0.05) is 0 Å². The van der Waals surface area contributed by atoms with Crippen LogP contribution < -0.4 is 4.74 Å². The van der Waals surface area contributed by atoms with Gasteiger partial charge in [-0.2, -0.15) is 4.31 Å². The fourth-order valence-electron chi connectivity index (χ4n) is 1.44. The largest absolute Gasteiger partial charge is 0.494 e. The summed E-state index contributed by atoms with van der Waals surface area (Å²) in [5.74, 6) is 0.653. The lowest BCUT2D eigenvalue weighted by Crippen LogP contribution is -2.38. The van der Waals surface area contributed by atoms with Crippen molar-refractivity contribution in [1.82, 2.24) is 4.31 Å². The first kappa shape index (κ1) is 15.6. The van der Waals surface area contributed by atoms with Gasteiger partial charge >= 0.3 is 0 Å². The molecule has 0 aliphatic carbocycles. The molecule has 0 radical (unpaired) electrons. The van der Waals surface area contributed by atoms with E-state index in [1.165, 1.54) is 18.5 Å². The molecule has 5 nitrogen and oxygen atoms in total. The molecule has 0 N–H and O–H groups in total. The molecule has 0 saturated heterocycles. The van der Waals surface area contributed by atoms with Crippen molar-refractivity contribution in [2.75, 3.05) is 26.2 Å². The Kier molecular flexibility index (Phi) is 5.32. The second-order valence-electron chi connectivity index (χ2n) is 3.89. The third-order valence-electron chi connectivity index (χ3n) is 2.53. The molecule has 0 bridgehead atoms. The zero-order chi connectivity index (χ0) is 13.9. The summed E-state index contributed by atoms with van der Waals surface area (Å²) in [5, 5.41) is 1.67. The van der Waals surface area contributed by atoms with Crippen LogP contribution in [0, 0.1) is 0 Å². The van der Waals surface area contributed by atoms with Gasteiger partial charge in [-0.25, -0.2) is 8.42 Å². The van der Waals surface area contributed by atoms with E-state index in [2.05, 4.69) is 0 Å². The second-order valence-corrected chi connectivity index (χ2v) is 8.48. The predicted octanol–water partition coefficient (Wildman–Crippen LogP) is 1.14. The highest BCUT2D eigenvalue weighted by molar-refractivity contribution is 7.91. The van der Waals surface area contributed by atoms with Crippen molar-refractivity contribution >= 4 is 32.2 Å². The highest BCUT2D eigenvalue weighted by Gasteiger charge is 2.29. The van der Waals surface area contributed by atoms with E-state index in [0.717, 1.165) is 11.3 Å². The fraction of sp³-hybridized carbons (Fsp3) is 0.600. The second kappa shape index (κ2) is 6.14. The van der Waals surface area contributed by atoms with Gasteiger partial charge < -0.3 is 4.74 Å². The summed E-state index contributed by atoms with van der Waals surface area (Å²) in [6, 6.07) is 1.29. The molecule has 0 saturated carbocycles. The van der Waals surface area contributed by atoms with Gasteiger partial charge in [-0.05, 0) is 18.4 Å². The van der Waals surface area contributed by atoms with Gasteiger partial charge in [0.1, 0.15) is 5.75 Å². The van der Waals surface area contributed by atoms with Gasteiger partial charge in [0.2, 0.25) is 0 Å². The van der Waals surface area contributed by atoms with Gasteiger partial charge in [0.25, 0.3) is 10.0 Å². The minimum absolute atomic E-state index is 0.182. The molecule has 18 heavy (non-hydrogen) atoms. The van der Waals surface area contributed by atoms with E-state index in [4.69, 9.17) is 4.74 Å². The Balaban J connectivity index is 3.03. The zero-order valence-electron chi connectivity index (χ0n) is 10.7. The highest BCUT2D eigenvalue weighted by atomic mass is 32.2. The van der Waals surface area contributed by atoms with Crippen molar-refractivity contribution in [2.45, 2.75) is 17.2 Å². The maximum absolute atomic E-state index is 12.4. The molecular formula is C10H17NO4S3. The van der Waals surface area contributed by atoms with Crippen molar-refractivity contribution in [1.29, 1.82) is 0 Å². The number of thiophene rings is 1.